The molecule has 0 unspecified atom stereocenters. The van der Waals surface area contributed by atoms with Crippen LogP contribution in [0.4, 0.5) is 0 Å². The van der Waals surface area contributed by atoms with Crippen molar-refractivity contribution in [3.63, 3.8) is 0 Å². The first-order valence-electron chi connectivity index (χ1n) is 11.2. The molecule has 1 heterocycles. The van der Waals surface area contributed by atoms with Gasteiger partial charge in [0.25, 0.3) is 5.91 Å². The summed E-state index contributed by atoms with van der Waals surface area (Å²) in [6, 6.07) is 14.9. The Morgan fingerprint density at radius 3 is 2.42 bits per heavy atom. The fraction of sp³-hybridized carbons (Fsp3) is 0.400. The van der Waals surface area contributed by atoms with Crippen molar-refractivity contribution in [2.24, 2.45) is 0 Å². The molecule has 0 radical (unpaired) electrons. The first-order valence-corrected chi connectivity index (χ1v) is 11.2. The number of methoxy groups -OCH3 is 2. The Labute approximate surface area is 193 Å². The minimum Gasteiger partial charge on any atom is -0.497 e. The van der Waals surface area contributed by atoms with Crippen LogP contribution in [0.3, 0.4) is 0 Å². The summed E-state index contributed by atoms with van der Waals surface area (Å²) in [5, 5.41) is 4.10. The number of carbonyl (C=O) groups is 1. The first kappa shape index (κ1) is 22.6. The van der Waals surface area contributed by atoms with Crippen LogP contribution >= 0.6 is 0 Å². The number of benzene rings is 2. The Balaban J connectivity index is 1.47. The molecule has 1 aliphatic carbocycles. The van der Waals surface area contributed by atoms with Gasteiger partial charge in [-0.2, -0.15) is 4.98 Å². The van der Waals surface area contributed by atoms with Gasteiger partial charge in [0.15, 0.2) is 18.1 Å². The second kappa shape index (κ2) is 10.8. The van der Waals surface area contributed by atoms with E-state index in [-0.39, 0.29) is 25.1 Å². The highest BCUT2D eigenvalue weighted by Crippen LogP contribution is 2.28. The van der Waals surface area contributed by atoms with Crippen molar-refractivity contribution in [1.29, 1.82) is 0 Å². The number of rotatable bonds is 9. The summed E-state index contributed by atoms with van der Waals surface area (Å²) >= 11 is 0. The average Bonchev–Trinajstić information content (AvgIpc) is 3.35. The molecule has 1 saturated carbocycles. The molecule has 1 aliphatic rings. The summed E-state index contributed by atoms with van der Waals surface area (Å²) in [7, 11) is 3.20. The van der Waals surface area contributed by atoms with E-state index in [0.717, 1.165) is 37.0 Å². The Hall–Kier alpha value is -3.55. The van der Waals surface area contributed by atoms with Crippen LogP contribution in [0, 0.1) is 0 Å². The fourth-order valence-corrected chi connectivity index (χ4v) is 4.10. The maximum atomic E-state index is 13.2. The molecule has 0 bridgehead atoms. The molecule has 0 N–H and O–H groups in total. The summed E-state index contributed by atoms with van der Waals surface area (Å²) in [5.74, 6) is 2.65. The molecule has 8 heteroatoms. The van der Waals surface area contributed by atoms with Crippen LogP contribution in [-0.2, 0) is 11.3 Å². The number of carbonyl (C=O) groups excluding carboxylic acids is 1. The SMILES string of the molecule is COc1ccc(-c2noc(CN(C(=O)COc3ccccc3OC)C3CCCCC3)n2)cc1. The van der Waals surface area contributed by atoms with Crippen LogP contribution in [0.1, 0.15) is 38.0 Å². The van der Waals surface area contributed by atoms with Gasteiger partial charge in [0.05, 0.1) is 14.2 Å². The highest BCUT2D eigenvalue weighted by molar-refractivity contribution is 5.78. The van der Waals surface area contributed by atoms with E-state index in [0.29, 0.717) is 23.2 Å². The molecule has 0 spiro atoms. The van der Waals surface area contributed by atoms with Crippen LogP contribution in [0.2, 0.25) is 0 Å². The lowest BCUT2D eigenvalue weighted by Crippen LogP contribution is -2.43. The summed E-state index contributed by atoms with van der Waals surface area (Å²) < 4.78 is 21.8. The van der Waals surface area contributed by atoms with Gasteiger partial charge in [-0.1, -0.05) is 36.6 Å². The predicted octanol–water partition coefficient (Wildman–Crippen LogP) is 4.49. The molecule has 1 aromatic heterocycles. The van der Waals surface area contributed by atoms with Gasteiger partial charge >= 0.3 is 0 Å². The quantitative estimate of drug-likeness (QED) is 0.474. The molecule has 4 rings (SSSR count). The van der Waals surface area contributed by atoms with Crippen molar-refractivity contribution < 1.29 is 23.5 Å². The molecule has 174 valence electrons. The number of aromatic nitrogens is 2. The van der Waals surface area contributed by atoms with Gasteiger partial charge in [-0.05, 0) is 49.2 Å². The lowest BCUT2D eigenvalue weighted by Gasteiger charge is -2.33. The molecule has 8 nitrogen and oxygen atoms in total. The van der Waals surface area contributed by atoms with E-state index >= 15 is 0 Å². The van der Waals surface area contributed by atoms with E-state index in [9.17, 15) is 4.79 Å². The average molecular weight is 452 g/mol. The number of amides is 1. The van der Waals surface area contributed by atoms with Crippen molar-refractivity contribution >= 4 is 5.91 Å². The van der Waals surface area contributed by atoms with Gasteiger partial charge < -0.3 is 23.6 Å². The third-order valence-electron chi connectivity index (χ3n) is 5.88. The Kier molecular flexibility index (Phi) is 7.44. The molecule has 0 aliphatic heterocycles. The molecule has 0 atom stereocenters. The van der Waals surface area contributed by atoms with Gasteiger partial charge in [-0.15, -0.1) is 0 Å². The largest absolute Gasteiger partial charge is 0.497 e. The third-order valence-corrected chi connectivity index (χ3v) is 5.88. The maximum Gasteiger partial charge on any atom is 0.261 e. The van der Waals surface area contributed by atoms with Crippen LogP contribution in [0.15, 0.2) is 53.1 Å². The zero-order valence-electron chi connectivity index (χ0n) is 19.0. The number of hydrogen-bond acceptors (Lipinski definition) is 7. The van der Waals surface area contributed by atoms with Crippen LogP contribution in [-0.4, -0.2) is 47.8 Å². The molecule has 0 saturated heterocycles. The normalized spacial score (nSPS) is 14.0. The van der Waals surface area contributed by atoms with Crippen molar-refractivity contribution in [3.8, 4) is 28.6 Å². The monoisotopic (exact) mass is 451 g/mol. The van der Waals surface area contributed by atoms with E-state index in [1.807, 2.05) is 41.3 Å². The van der Waals surface area contributed by atoms with Gasteiger partial charge in [-0.3, -0.25) is 4.79 Å². The van der Waals surface area contributed by atoms with Crippen molar-refractivity contribution in [2.45, 2.75) is 44.7 Å². The molecule has 3 aromatic rings. The van der Waals surface area contributed by atoms with Crippen LogP contribution in [0.25, 0.3) is 11.4 Å². The van der Waals surface area contributed by atoms with Crippen molar-refractivity contribution in [1.82, 2.24) is 15.0 Å². The summed E-state index contributed by atoms with van der Waals surface area (Å²) in [6.45, 7) is 0.165. The lowest BCUT2D eigenvalue weighted by atomic mass is 9.94. The van der Waals surface area contributed by atoms with E-state index in [1.165, 1.54) is 6.42 Å². The number of hydrogen-bond donors (Lipinski definition) is 0. The van der Waals surface area contributed by atoms with Crippen molar-refractivity contribution in [3.05, 3.63) is 54.4 Å². The van der Waals surface area contributed by atoms with E-state index in [4.69, 9.17) is 18.7 Å². The highest BCUT2D eigenvalue weighted by Gasteiger charge is 2.28. The maximum absolute atomic E-state index is 13.2. The van der Waals surface area contributed by atoms with E-state index < -0.39 is 0 Å². The summed E-state index contributed by atoms with van der Waals surface area (Å²) in [6.07, 6.45) is 5.31. The van der Waals surface area contributed by atoms with Crippen LogP contribution < -0.4 is 14.2 Å². The lowest BCUT2D eigenvalue weighted by molar-refractivity contribution is -0.137. The minimum absolute atomic E-state index is 0.0870. The van der Waals surface area contributed by atoms with Gasteiger partial charge in [0.2, 0.25) is 11.7 Å². The number of ether oxygens (including phenoxy) is 3. The van der Waals surface area contributed by atoms with Gasteiger partial charge in [0, 0.05) is 11.6 Å². The molecule has 2 aromatic carbocycles. The first-order chi connectivity index (χ1) is 16.2. The fourth-order valence-electron chi connectivity index (χ4n) is 4.10. The molecule has 1 amide bonds. The van der Waals surface area contributed by atoms with Crippen molar-refractivity contribution in [2.75, 3.05) is 20.8 Å². The second-order valence-electron chi connectivity index (χ2n) is 7.99. The highest BCUT2D eigenvalue weighted by atomic mass is 16.5. The second-order valence-corrected chi connectivity index (χ2v) is 7.99. The molecular formula is C25H29N3O5. The number of para-hydroxylation sites is 2. The standard InChI is InChI=1S/C25H29N3O5/c1-30-20-14-12-18(13-15-20)25-26-23(33-27-25)16-28(19-8-4-3-5-9-19)24(29)17-32-22-11-7-6-10-21(22)31-2/h6-7,10-15,19H,3-5,8-9,16-17H2,1-2H3. The van der Waals surface area contributed by atoms with Crippen LogP contribution in [0.5, 0.6) is 17.2 Å². The van der Waals surface area contributed by atoms with E-state index in [2.05, 4.69) is 10.1 Å². The Morgan fingerprint density at radius 1 is 1.00 bits per heavy atom. The summed E-state index contributed by atoms with van der Waals surface area (Å²) in [5.41, 5.74) is 0.820. The van der Waals surface area contributed by atoms with E-state index in [1.54, 1.807) is 26.4 Å². The Morgan fingerprint density at radius 2 is 1.73 bits per heavy atom. The Bertz CT molecular complexity index is 1040. The third kappa shape index (κ3) is 5.63. The zero-order chi connectivity index (χ0) is 23.0. The smallest absolute Gasteiger partial charge is 0.261 e. The minimum atomic E-state index is -0.114. The number of nitrogens with zero attached hydrogens (tertiary/aromatic N) is 3. The van der Waals surface area contributed by atoms with Gasteiger partial charge in [0.1, 0.15) is 12.3 Å². The topological polar surface area (TPSA) is 86.9 Å². The predicted molar refractivity (Wildman–Crippen MR) is 122 cm³/mol. The summed E-state index contributed by atoms with van der Waals surface area (Å²) in [4.78, 5) is 19.6. The molecular weight excluding hydrogens is 422 g/mol. The molecule has 33 heavy (non-hydrogen) atoms. The zero-order valence-corrected chi connectivity index (χ0v) is 19.0. The molecule has 1 fully saturated rings. The van der Waals surface area contributed by atoms with Gasteiger partial charge in [-0.25, -0.2) is 0 Å².